The van der Waals surface area contributed by atoms with Crippen LogP contribution in [0.2, 0.25) is 0 Å². The fourth-order valence-electron chi connectivity index (χ4n) is 2.42. The van der Waals surface area contributed by atoms with Crippen molar-refractivity contribution in [1.29, 1.82) is 0 Å². The Labute approximate surface area is 113 Å². The summed E-state index contributed by atoms with van der Waals surface area (Å²) in [6.07, 6.45) is 6.49. The van der Waals surface area contributed by atoms with Crippen LogP contribution in [0.4, 0.5) is 5.82 Å². The van der Waals surface area contributed by atoms with Crippen LogP contribution in [-0.4, -0.2) is 29.0 Å². The maximum Gasteiger partial charge on any atom is 0.218 e. The Morgan fingerprint density at radius 1 is 1.39 bits per heavy atom. The molecule has 0 radical (unpaired) electrons. The van der Waals surface area contributed by atoms with E-state index in [2.05, 4.69) is 15.3 Å². The minimum Gasteiger partial charge on any atom is -0.478 e. The summed E-state index contributed by atoms with van der Waals surface area (Å²) in [5, 5.41) is 3.36. The van der Waals surface area contributed by atoms with Crippen molar-refractivity contribution < 1.29 is 4.74 Å². The van der Waals surface area contributed by atoms with E-state index in [1.165, 1.54) is 32.0 Å². The van der Waals surface area contributed by atoms with E-state index in [1.54, 1.807) is 0 Å². The van der Waals surface area contributed by atoms with Gasteiger partial charge in [0.2, 0.25) is 5.88 Å². The van der Waals surface area contributed by atoms with Gasteiger partial charge in [-0.3, -0.25) is 0 Å². The molecule has 0 bridgehead atoms. The molecule has 1 aromatic heterocycles. The summed E-state index contributed by atoms with van der Waals surface area (Å²) >= 11 is 6.11. The number of anilines is 1. The summed E-state index contributed by atoms with van der Waals surface area (Å²) in [5.74, 6) is 2.13. The first-order chi connectivity index (χ1) is 8.78. The van der Waals surface area contributed by atoms with Crippen molar-refractivity contribution in [2.45, 2.75) is 32.6 Å². The fraction of sp³-hybridized carbons (Fsp3) is 0.692. The van der Waals surface area contributed by atoms with Crippen molar-refractivity contribution >= 4 is 17.4 Å². The van der Waals surface area contributed by atoms with Crippen LogP contribution >= 0.6 is 11.6 Å². The Morgan fingerprint density at radius 2 is 2.17 bits per heavy atom. The normalized spacial score (nSPS) is 17.7. The lowest BCUT2D eigenvalue weighted by Crippen LogP contribution is -2.28. The Morgan fingerprint density at radius 3 is 2.83 bits per heavy atom. The zero-order valence-corrected chi connectivity index (χ0v) is 11.5. The molecule has 0 aromatic carbocycles. The summed E-state index contributed by atoms with van der Waals surface area (Å²) in [6, 6.07) is 1.83. The average Bonchev–Trinajstić information content (AvgIpc) is 2.87. The summed E-state index contributed by atoms with van der Waals surface area (Å²) < 4.78 is 5.35. The molecule has 1 saturated carbocycles. The molecule has 1 aliphatic carbocycles. The lowest BCUT2D eigenvalue weighted by atomic mass is 9.88. The quantitative estimate of drug-likeness (QED) is 0.806. The molecule has 2 rings (SSSR count). The van der Waals surface area contributed by atoms with E-state index in [0.29, 0.717) is 18.4 Å². The van der Waals surface area contributed by atoms with Gasteiger partial charge in [-0.1, -0.05) is 12.8 Å². The summed E-state index contributed by atoms with van der Waals surface area (Å²) in [7, 11) is 0. The van der Waals surface area contributed by atoms with Crippen molar-refractivity contribution in [3.63, 3.8) is 0 Å². The highest BCUT2D eigenvalue weighted by atomic mass is 35.5. The predicted octanol–water partition coefficient (Wildman–Crippen LogP) is 3.09. The van der Waals surface area contributed by atoms with Gasteiger partial charge >= 0.3 is 0 Å². The van der Waals surface area contributed by atoms with Crippen LogP contribution in [0.15, 0.2) is 12.4 Å². The number of halogens is 1. The van der Waals surface area contributed by atoms with Gasteiger partial charge in [0.15, 0.2) is 0 Å². The van der Waals surface area contributed by atoms with Gasteiger partial charge in [-0.2, -0.15) is 0 Å². The van der Waals surface area contributed by atoms with E-state index < -0.39 is 0 Å². The molecule has 0 unspecified atom stereocenters. The molecule has 0 atom stereocenters. The number of nitrogens with one attached hydrogen (secondary N) is 1. The zero-order valence-electron chi connectivity index (χ0n) is 10.8. The Balaban J connectivity index is 1.94. The van der Waals surface area contributed by atoms with Crippen LogP contribution in [0.5, 0.6) is 5.88 Å². The van der Waals surface area contributed by atoms with Gasteiger partial charge in [0.25, 0.3) is 0 Å². The number of hydrogen-bond acceptors (Lipinski definition) is 4. The first-order valence-corrected chi connectivity index (χ1v) is 7.06. The van der Waals surface area contributed by atoms with E-state index >= 15 is 0 Å². The molecule has 0 amide bonds. The maximum atomic E-state index is 6.11. The lowest BCUT2D eigenvalue weighted by Gasteiger charge is -2.26. The van der Waals surface area contributed by atoms with Gasteiger partial charge in [0, 0.05) is 23.9 Å². The highest BCUT2D eigenvalue weighted by Gasteiger charge is 2.32. The second-order valence-corrected chi connectivity index (χ2v) is 5.14. The lowest BCUT2D eigenvalue weighted by molar-refractivity contribution is 0.326. The third-order valence-electron chi connectivity index (χ3n) is 3.53. The molecule has 0 spiro atoms. The molecular weight excluding hydrogens is 250 g/mol. The topological polar surface area (TPSA) is 47.0 Å². The fourth-order valence-corrected chi connectivity index (χ4v) is 2.79. The van der Waals surface area contributed by atoms with Crippen LogP contribution in [0.25, 0.3) is 0 Å². The molecule has 18 heavy (non-hydrogen) atoms. The van der Waals surface area contributed by atoms with Gasteiger partial charge in [-0.25, -0.2) is 9.97 Å². The number of ether oxygens (including phenoxy) is 1. The van der Waals surface area contributed by atoms with Gasteiger partial charge < -0.3 is 10.1 Å². The monoisotopic (exact) mass is 269 g/mol. The van der Waals surface area contributed by atoms with Crippen molar-refractivity contribution in [2.24, 2.45) is 5.41 Å². The van der Waals surface area contributed by atoms with E-state index in [1.807, 2.05) is 13.0 Å². The molecular formula is C13H20ClN3O. The highest BCUT2D eigenvalue weighted by molar-refractivity contribution is 6.18. The van der Waals surface area contributed by atoms with Crippen LogP contribution in [0, 0.1) is 5.41 Å². The third kappa shape index (κ3) is 3.25. The summed E-state index contributed by atoms with van der Waals surface area (Å²) in [5.41, 5.74) is 0.234. The first-order valence-electron chi connectivity index (χ1n) is 6.53. The minimum atomic E-state index is 0.234. The van der Waals surface area contributed by atoms with E-state index in [-0.39, 0.29) is 5.41 Å². The molecule has 1 aromatic rings. The van der Waals surface area contributed by atoms with Crippen molar-refractivity contribution in [3.05, 3.63) is 12.4 Å². The van der Waals surface area contributed by atoms with Crippen LogP contribution in [-0.2, 0) is 0 Å². The summed E-state index contributed by atoms with van der Waals surface area (Å²) in [6.45, 7) is 3.43. The number of alkyl halides is 1. The molecule has 1 heterocycles. The van der Waals surface area contributed by atoms with Gasteiger partial charge in [-0.05, 0) is 19.8 Å². The largest absolute Gasteiger partial charge is 0.478 e. The Bertz CT molecular complexity index is 380. The third-order valence-corrected chi connectivity index (χ3v) is 4.09. The Hall–Kier alpha value is -1.03. The minimum absolute atomic E-state index is 0.234. The van der Waals surface area contributed by atoms with Crippen molar-refractivity contribution in [1.82, 2.24) is 9.97 Å². The number of aromatic nitrogens is 2. The molecule has 1 N–H and O–H groups in total. The standard InChI is InChI=1S/C13H20ClN3O/c1-2-18-12-7-11(16-10-17-12)15-9-13(8-14)5-3-4-6-13/h7,10H,2-6,8-9H2,1H3,(H,15,16,17). The van der Waals surface area contributed by atoms with E-state index in [4.69, 9.17) is 16.3 Å². The maximum absolute atomic E-state index is 6.11. The molecule has 1 fully saturated rings. The summed E-state index contributed by atoms with van der Waals surface area (Å²) in [4.78, 5) is 8.25. The van der Waals surface area contributed by atoms with E-state index in [0.717, 1.165) is 12.4 Å². The van der Waals surface area contributed by atoms with Gasteiger partial charge in [0.05, 0.1) is 6.61 Å². The molecule has 4 nitrogen and oxygen atoms in total. The van der Waals surface area contributed by atoms with Crippen LogP contribution in [0.3, 0.4) is 0 Å². The second kappa shape index (κ2) is 6.23. The number of rotatable bonds is 6. The van der Waals surface area contributed by atoms with Crippen LogP contribution < -0.4 is 10.1 Å². The van der Waals surface area contributed by atoms with Crippen molar-refractivity contribution in [3.8, 4) is 5.88 Å². The molecule has 100 valence electrons. The van der Waals surface area contributed by atoms with Crippen molar-refractivity contribution in [2.75, 3.05) is 24.3 Å². The van der Waals surface area contributed by atoms with E-state index in [9.17, 15) is 0 Å². The predicted molar refractivity (Wildman–Crippen MR) is 73.3 cm³/mol. The molecule has 1 aliphatic rings. The van der Waals surface area contributed by atoms with Crippen LogP contribution in [0.1, 0.15) is 32.6 Å². The Kier molecular flexibility index (Phi) is 4.64. The smallest absolute Gasteiger partial charge is 0.218 e. The first kappa shape index (κ1) is 13.4. The number of hydrogen-bond donors (Lipinski definition) is 1. The highest BCUT2D eigenvalue weighted by Crippen LogP contribution is 2.39. The molecule has 5 heteroatoms. The van der Waals surface area contributed by atoms with Gasteiger partial charge in [0.1, 0.15) is 12.1 Å². The molecule has 0 aliphatic heterocycles. The molecule has 0 saturated heterocycles. The SMILES string of the molecule is CCOc1cc(NCC2(CCl)CCCC2)ncn1. The average molecular weight is 270 g/mol. The zero-order chi connectivity index (χ0) is 12.8. The second-order valence-electron chi connectivity index (χ2n) is 4.87. The number of nitrogens with zero attached hydrogens (tertiary/aromatic N) is 2. The van der Waals surface area contributed by atoms with Gasteiger partial charge in [-0.15, -0.1) is 11.6 Å².